The van der Waals surface area contributed by atoms with E-state index < -0.39 is 0 Å². The molecular weight excluding hydrogens is 237 g/mol. The first-order valence-electron chi connectivity index (χ1n) is 4.50. The molecule has 0 aliphatic heterocycles. The molecule has 0 aliphatic carbocycles. The molecule has 4 nitrogen and oxygen atoms in total. The molecule has 1 amide bonds. The van der Waals surface area contributed by atoms with Gasteiger partial charge in [0.2, 0.25) is 5.91 Å². The van der Waals surface area contributed by atoms with Gasteiger partial charge in [0, 0.05) is 13.0 Å². The third kappa shape index (κ3) is 41.8. The summed E-state index contributed by atoms with van der Waals surface area (Å²) in [6.07, 6.45) is 2.20. The van der Waals surface area contributed by atoms with Gasteiger partial charge in [0.05, 0.1) is 27.7 Å². The SMILES string of the molecule is C=CC(=O)NCCC[NH3+].C[NH+](C)C.[Cl-].[Cl-]. The Balaban J connectivity index is -0.0000000883. The number of hydrogen-bond donors (Lipinski definition) is 3. The highest BCUT2D eigenvalue weighted by Gasteiger charge is 1.90. The second-order valence-corrected chi connectivity index (χ2v) is 3.20. The molecule has 0 radical (unpaired) electrons. The normalized spacial score (nSPS) is 7.53. The van der Waals surface area contributed by atoms with Crippen LogP contribution in [0.25, 0.3) is 0 Å². The van der Waals surface area contributed by atoms with Gasteiger partial charge in [-0.25, -0.2) is 0 Å². The highest BCUT2D eigenvalue weighted by molar-refractivity contribution is 5.86. The molecule has 0 saturated carbocycles. The quantitative estimate of drug-likeness (QED) is 0.341. The molecule has 0 aliphatic rings. The lowest BCUT2D eigenvalue weighted by Crippen LogP contribution is -3.02. The van der Waals surface area contributed by atoms with Gasteiger partial charge in [0.15, 0.2) is 0 Å². The maximum atomic E-state index is 10.4. The predicted molar refractivity (Wildman–Crippen MR) is 54.3 cm³/mol. The molecule has 0 aromatic heterocycles. The monoisotopic (exact) mass is 259 g/mol. The summed E-state index contributed by atoms with van der Waals surface area (Å²) in [7, 11) is 6.25. The summed E-state index contributed by atoms with van der Waals surface area (Å²) < 4.78 is 0. The molecule has 5 N–H and O–H groups in total. The molecule has 0 rings (SSSR count). The minimum atomic E-state index is -0.108. The molecular formula is C9H23Cl2N3O. The fourth-order valence-corrected chi connectivity index (χ4v) is 0.409. The number of quaternary nitrogens is 2. The summed E-state index contributed by atoms with van der Waals surface area (Å²) in [6, 6.07) is 0. The van der Waals surface area contributed by atoms with Gasteiger partial charge in [-0.3, -0.25) is 4.79 Å². The zero-order valence-corrected chi connectivity index (χ0v) is 11.3. The van der Waals surface area contributed by atoms with Crippen molar-refractivity contribution in [2.45, 2.75) is 6.42 Å². The van der Waals surface area contributed by atoms with Crippen molar-refractivity contribution in [3.63, 3.8) is 0 Å². The summed E-state index contributed by atoms with van der Waals surface area (Å²) in [4.78, 5) is 11.9. The Morgan fingerprint density at radius 3 is 2.07 bits per heavy atom. The van der Waals surface area contributed by atoms with Crippen molar-refractivity contribution < 1.29 is 40.2 Å². The zero-order valence-electron chi connectivity index (χ0n) is 9.78. The van der Waals surface area contributed by atoms with Crippen LogP contribution < -0.4 is 40.8 Å². The zero-order chi connectivity index (χ0) is 10.7. The molecule has 0 fully saturated rings. The molecule has 0 heterocycles. The average molecular weight is 260 g/mol. The van der Waals surface area contributed by atoms with Gasteiger partial charge >= 0.3 is 0 Å². The molecule has 0 bridgehead atoms. The van der Waals surface area contributed by atoms with E-state index in [2.05, 4.69) is 38.8 Å². The van der Waals surface area contributed by atoms with E-state index in [0.29, 0.717) is 6.54 Å². The summed E-state index contributed by atoms with van der Waals surface area (Å²) in [6.45, 7) is 4.87. The lowest BCUT2D eigenvalue weighted by Gasteiger charge is -1.96. The van der Waals surface area contributed by atoms with E-state index >= 15 is 0 Å². The maximum absolute atomic E-state index is 10.4. The van der Waals surface area contributed by atoms with Crippen LogP contribution in [0.3, 0.4) is 0 Å². The van der Waals surface area contributed by atoms with Crippen molar-refractivity contribution in [2.75, 3.05) is 34.2 Å². The van der Waals surface area contributed by atoms with Gasteiger partial charge < -0.3 is 40.8 Å². The fraction of sp³-hybridized carbons (Fsp3) is 0.667. The van der Waals surface area contributed by atoms with Crippen molar-refractivity contribution >= 4 is 5.91 Å². The minimum Gasteiger partial charge on any atom is -1.00 e. The minimum absolute atomic E-state index is 0. The number of hydrogen-bond acceptors (Lipinski definition) is 1. The summed E-state index contributed by atoms with van der Waals surface area (Å²) in [5, 5.41) is 2.64. The summed E-state index contributed by atoms with van der Waals surface area (Å²) in [5.74, 6) is -0.108. The largest absolute Gasteiger partial charge is 1.00 e. The van der Waals surface area contributed by atoms with Crippen LogP contribution >= 0.6 is 0 Å². The second kappa shape index (κ2) is 19.3. The third-order valence-corrected chi connectivity index (χ3v) is 0.911. The van der Waals surface area contributed by atoms with E-state index in [1.807, 2.05) is 0 Å². The molecule has 94 valence electrons. The molecule has 0 aromatic rings. The molecule has 0 saturated heterocycles. The van der Waals surface area contributed by atoms with Crippen molar-refractivity contribution in [2.24, 2.45) is 0 Å². The van der Waals surface area contributed by atoms with Gasteiger partial charge in [-0.2, -0.15) is 0 Å². The topological polar surface area (TPSA) is 61.2 Å². The summed E-state index contributed by atoms with van der Waals surface area (Å²) >= 11 is 0. The highest BCUT2D eigenvalue weighted by Crippen LogP contribution is 1.69. The van der Waals surface area contributed by atoms with Crippen LogP contribution in [-0.2, 0) is 4.79 Å². The molecule has 0 spiro atoms. The highest BCUT2D eigenvalue weighted by atomic mass is 35.5. The van der Waals surface area contributed by atoms with Crippen LogP contribution in [0.4, 0.5) is 0 Å². The van der Waals surface area contributed by atoms with E-state index in [-0.39, 0.29) is 30.7 Å². The average Bonchev–Trinajstić information content (AvgIpc) is 2.03. The van der Waals surface area contributed by atoms with Crippen molar-refractivity contribution in [3.8, 4) is 0 Å². The van der Waals surface area contributed by atoms with Gasteiger partial charge in [0.1, 0.15) is 0 Å². The van der Waals surface area contributed by atoms with E-state index in [4.69, 9.17) is 0 Å². The Bertz CT molecular complexity index is 141. The van der Waals surface area contributed by atoms with Gasteiger partial charge in [0.25, 0.3) is 0 Å². The molecule has 0 aromatic carbocycles. The second-order valence-electron chi connectivity index (χ2n) is 3.20. The van der Waals surface area contributed by atoms with Crippen molar-refractivity contribution in [3.05, 3.63) is 12.7 Å². The van der Waals surface area contributed by atoms with Crippen LogP contribution in [0, 0.1) is 0 Å². The van der Waals surface area contributed by atoms with E-state index in [1.54, 1.807) is 0 Å². The number of amides is 1. The third-order valence-electron chi connectivity index (χ3n) is 0.911. The first kappa shape index (κ1) is 24.1. The predicted octanol–water partition coefficient (Wildman–Crippen LogP) is -8.31. The lowest BCUT2D eigenvalue weighted by atomic mass is 10.4. The Morgan fingerprint density at radius 1 is 1.40 bits per heavy atom. The van der Waals surface area contributed by atoms with Crippen LogP contribution in [0.2, 0.25) is 0 Å². The summed E-state index contributed by atoms with van der Waals surface area (Å²) in [5.41, 5.74) is 3.63. The molecule has 6 heteroatoms. The van der Waals surface area contributed by atoms with Gasteiger partial charge in [-0.15, -0.1) is 0 Å². The van der Waals surface area contributed by atoms with Crippen LogP contribution in [-0.4, -0.2) is 40.1 Å². The standard InChI is InChI=1S/C6H12N2O.C3H9N.2ClH/c1-2-6(9)8-5-3-4-7;1-4(2)3;;/h2H,1,3-5,7H2,(H,8,9);1-3H3;2*1H. The van der Waals surface area contributed by atoms with Gasteiger partial charge in [-0.05, 0) is 6.08 Å². The number of nitrogens with one attached hydrogen (secondary N) is 2. The Labute approximate surface area is 105 Å². The van der Waals surface area contributed by atoms with Crippen LogP contribution in [0.1, 0.15) is 6.42 Å². The van der Waals surface area contributed by atoms with Crippen molar-refractivity contribution in [1.29, 1.82) is 0 Å². The Hall–Kier alpha value is -0.290. The fourth-order valence-electron chi connectivity index (χ4n) is 0.409. The molecule has 0 atom stereocenters. The van der Waals surface area contributed by atoms with Crippen LogP contribution in [0.5, 0.6) is 0 Å². The number of rotatable bonds is 4. The lowest BCUT2D eigenvalue weighted by molar-refractivity contribution is -0.836. The molecule has 15 heavy (non-hydrogen) atoms. The van der Waals surface area contributed by atoms with Crippen molar-refractivity contribution in [1.82, 2.24) is 5.32 Å². The Morgan fingerprint density at radius 2 is 1.80 bits per heavy atom. The molecule has 0 unspecified atom stereocenters. The smallest absolute Gasteiger partial charge is 0.243 e. The first-order chi connectivity index (χ1) is 6.04. The van der Waals surface area contributed by atoms with Gasteiger partial charge in [-0.1, -0.05) is 6.58 Å². The Kier molecular flexibility index (Phi) is 31.0. The maximum Gasteiger partial charge on any atom is 0.243 e. The van der Waals surface area contributed by atoms with E-state index in [1.165, 1.54) is 11.0 Å². The first-order valence-corrected chi connectivity index (χ1v) is 4.50. The number of carbonyl (C=O) groups is 1. The van der Waals surface area contributed by atoms with Crippen LogP contribution in [0.15, 0.2) is 12.7 Å². The number of halogens is 2. The van der Waals surface area contributed by atoms with E-state index in [9.17, 15) is 4.79 Å². The van der Waals surface area contributed by atoms with E-state index in [0.717, 1.165) is 13.0 Å². The number of carbonyl (C=O) groups excluding carboxylic acids is 1.